The molecule has 4 nitrogen and oxygen atoms in total. The van der Waals surface area contributed by atoms with Crippen molar-refractivity contribution in [3.05, 3.63) is 205 Å². The molecule has 258 valence electrons. The molecule has 1 atom stereocenters. The first kappa shape index (κ1) is 31.2. The second kappa shape index (κ2) is 12.7. The van der Waals surface area contributed by atoms with Crippen LogP contribution in [0.3, 0.4) is 0 Å². The van der Waals surface area contributed by atoms with Gasteiger partial charge in [0, 0.05) is 33.0 Å². The summed E-state index contributed by atoms with van der Waals surface area (Å²) in [6.07, 6.45) is -0.433. The Morgan fingerprint density at radius 3 is 1.95 bits per heavy atom. The molecule has 1 unspecified atom stereocenters. The van der Waals surface area contributed by atoms with E-state index in [1.165, 1.54) is 27.3 Å². The van der Waals surface area contributed by atoms with Crippen LogP contribution < -0.4 is 5.32 Å². The Balaban J connectivity index is 1.09. The fourth-order valence-electron chi connectivity index (χ4n) is 8.26. The summed E-state index contributed by atoms with van der Waals surface area (Å²) in [5, 5.41) is 12.9. The molecule has 1 aliphatic heterocycles. The standard InChI is InChI=1S/C51H33N3O/c1-2-12-32(13-3-1)34-24-27-35(28-25-34)40-20-10-21-43-47-44(22-11-23-46(47)55-48(40)43)50-52-49(38-29-26-33-14-4-5-15-36(33)30-38)53-51(54-50)45-31-37-16-6-7-17-39(37)41-18-8-9-19-42(41)45/h1-31,50H,(H,52,53,54). The van der Waals surface area contributed by atoms with Crippen molar-refractivity contribution in [2.24, 2.45) is 9.98 Å². The molecule has 0 aliphatic carbocycles. The highest BCUT2D eigenvalue weighted by Crippen LogP contribution is 2.40. The van der Waals surface area contributed by atoms with E-state index in [1.807, 2.05) is 6.07 Å². The van der Waals surface area contributed by atoms with E-state index >= 15 is 0 Å². The normalized spacial score (nSPS) is 14.4. The Labute approximate surface area is 317 Å². The number of para-hydroxylation sites is 1. The summed E-state index contributed by atoms with van der Waals surface area (Å²) in [5.41, 5.74) is 9.27. The molecule has 55 heavy (non-hydrogen) atoms. The van der Waals surface area contributed by atoms with Crippen LogP contribution in [-0.4, -0.2) is 11.7 Å². The summed E-state index contributed by atoms with van der Waals surface area (Å²) in [6, 6.07) is 66.3. The van der Waals surface area contributed by atoms with Crippen LogP contribution >= 0.6 is 0 Å². The molecule has 0 fully saturated rings. The SMILES string of the molecule is c1ccc(-c2ccc(-c3cccc4c3oc3cccc(C5N=C(c6cc7ccccc7c7ccccc67)N=C(c6ccc7ccccc7c6)N5)c34)cc2)cc1. The quantitative estimate of drug-likeness (QED) is 0.181. The molecule has 0 radical (unpaired) electrons. The Morgan fingerprint density at radius 2 is 1.09 bits per heavy atom. The number of rotatable bonds is 5. The number of hydrogen-bond acceptors (Lipinski definition) is 4. The number of hydrogen-bond donors (Lipinski definition) is 1. The Kier molecular flexibility index (Phi) is 7.20. The summed E-state index contributed by atoms with van der Waals surface area (Å²) in [4.78, 5) is 10.8. The topological polar surface area (TPSA) is 49.9 Å². The van der Waals surface area contributed by atoms with Gasteiger partial charge >= 0.3 is 0 Å². The van der Waals surface area contributed by atoms with E-state index in [0.717, 1.165) is 71.8 Å². The smallest absolute Gasteiger partial charge is 0.160 e. The van der Waals surface area contributed by atoms with E-state index in [0.29, 0.717) is 5.84 Å². The number of nitrogens with one attached hydrogen (secondary N) is 1. The van der Waals surface area contributed by atoms with Crippen LogP contribution in [-0.2, 0) is 0 Å². The zero-order valence-corrected chi connectivity index (χ0v) is 29.8. The number of fused-ring (bicyclic) bond motifs is 7. The third kappa shape index (κ3) is 5.30. The van der Waals surface area contributed by atoms with Crippen molar-refractivity contribution in [3.8, 4) is 22.3 Å². The van der Waals surface area contributed by atoms with Gasteiger partial charge in [-0.05, 0) is 67.2 Å². The summed E-state index contributed by atoms with van der Waals surface area (Å²) < 4.78 is 6.75. The van der Waals surface area contributed by atoms with Gasteiger partial charge in [-0.25, -0.2) is 9.98 Å². The molecule has 0 amide bonds. The van der Waals surface area contributed by atoms with Gasteiger partial charge in [0.15, 0.2) is 5.84 Å². The van der Waals surface area contributed by atoms with Crippen molar-refractivity contribution in [1.82, 2.24) is 5.32 Å². The second-order valence-corrected chi connectivity index (χ2v) is 14.2. The first-order chi connectivity index (χ1) is 27.2. The number of benzene rings is 9. The lowest BCUT2D eigenvalue weighted by atomic mass is 9.96. The zero-order valence-electron chi connectivity index (χ0n) is 29.8. The Bertz CT molecular complexity index is 3170. The molecule has 1 N–H and O–H groups in total. The van der Waals surface area contributed by atoms with E-state index in [1.54, 1.807) is 0 Å². The van der Waals surface area contributed by atoms with Crippen molar-refractivity contribution in [2.45, 2.75) is 6.17 Å². The van der Waals surface area contributed by atoms with E-state index in [-0.39, 0.29) is 0 Å². The minimum atomic E-state index is -0.433. The van der Waals surface area contributed by atoms with Gasteiger partial charge < -0.3 is 9.73 Å². The predicted molar refractivity (Wildman–Crippen MR) is 229 cm³/mol. The fourth-order valence-corrected chi connectivity index (χ4v) is 8.26. The third-order valence-corrected chi connectivity index (χ3v) is 10.9. The molecule has 11 rings (SSSR count). The maximum atomic E-state index is 6.75. The van der Waals surface area contributed by atoms with Crippen molar-refractivity contribution in [1.29, 1.82) is 0 Å². The van der Waals surface area contributed by atoms with Crippen molar-refractivity contribution < 1.29 is 4.42 Å². The molecule has 1 aliphatic rings. The molecular formula is C51H33N3O. The molecule has 0 saturated heterocycles. The predicted octanol–water partition coefficient (Wildman–Crippen LogP) is 12.9. The van der Waals surface area contributed by atoms with Gasteiger partial charge in [0.25, 0.3) is 0 Å². The molecule has 0 spiro atoms. The third-order valence-electron chi connectivity index (χ3n) is 10.9. The minimum Gasteiger partial charge on any atom is -0.455 e. The van der Waals surface area contributed by atoms with Gasteiger partial charge in [-0.15, -0.1) is 0 Å². The van der Waals surface area contributed by atoms with Gasteiger partial charge in [-0.3, -0.25) is 0 Å². The second-order valence-electron chi connectivity index (χ2n) is 14.2. The van der Waals surface area contributed by atoms with E-state index in [9.17, 15) is 0 Å². The first-order valence-electron chi connectivity index (χ1n) is 18.7. The Morgan fingerprint density at radius 1 is 0.436 bits per heavy atom. The first-order valence-corrected chi connectivity index (χ1v) is 18.7. The average molecular weight is 704 g/mol. The molecule has 9 aromatic carbocycles. The van der Waals surface area contributed by atoms with Crippen LogP contribution in [0.1, 0.15) is 22.9 Å². The summed E-state index contributed by atoms with van der Waals surface area (Å²) >= 11 is 0. The lowest BCUT2D eigenvalue weighted by Crippen LogP contribution is -2.33. The zero-order chi connectivity index (χ0) is 36.3. The lowest BCUT2D eigenvalue weighted by molar-refractivity contribution is 0.663. The molecule has 0 saturated carbocycles. The molecular weight excluding hydrogens is 671 g/mol. The highest BCUT2D eigenvalue weighted by atomic mass is 16.3. The highest BCUT2D eigenvalue weighted by molar-refractivity contribution is 6.22. The van der Waals surface area contributed by atoms with E-state index in [4.69, 9.17) is 14.4 Å². The number of furan rings is 1. The van der Waals surface area contributed by atoms with Gasteiger partial charge in [0.1, 0.15) is 23.2 Å². The molecule has 0 bridgehead atoms. The van der Waals surface area contributed by atoms with Crippen LogP contribution in [0.4, 0.5) is 0 Å². The van der Waals surface area contributed by atoms with Crippen molar-refractivity contribution in [3.63, 3.8) is 0 Å². The molecule has 4 heteroatoms. The van der Waals surface area contributed by atoms with Crippen molar-refractivity contribution >= 4 is 65.9 Å². The van der Waals surface area contributed by atoms with Gasteiger partial charge in [-0.1, -0.05) is 170 Å². The Hall–Kier alpha value is -7.30. The molecule has 2 heterocycles. The minimum absolute atomic E-state index is 0.433. The number of amidine groups is 2. The molecule has 1 aromatic heterocycles. The fraction of sp³-hybridized carbons (Fsp3) is 0.0196. The van der Waals surface area contributed by atoms with Crippen molar-refractivity contribution in [2.75, 3.05) is 0 Å². The maximum absolute atomic E-state index is 6.75. The number of nitrogens with zero attached hydrogens (tertiary/aromatic N) is 2. The largest absolute Gasteiger partial charge is 0.455 e. The van der Waals surface area contributed by atoms with E-state index < -0.39 is 6.17 Å². The van der Waals surface area contributed by atoms with Crippen LogP contribution in [0.2, 0.25) is 0 Å². The average Bonchev–Trinajstić information content (AvgIpc) is 3.65. The lowest BCUT2D eigenvalue weighted by Gasteiger charge is -2.25. The maximum Gasteiger partial charge on any atom is 0.160 e. The van der Waals surface area contributed by atoms with Crippen LogP contribution in [0.15, 0.2) is 202 Å². The summed E-state index contributed by atoms with van der Waals surface area (Å²) in [6.45, 7) is 0. The van der Waals surface area contributed by atoms with E-state index in [2.05, 4.69) is 187 Å². The number of aliphatic imine (C=N–C) groups is 2. The van der Waals surface area contributed by atoms with Crippen LogP contribution in [0.25, 0.3) is 76.5 Å². The highest BCUT2D eigenvalue weighted by Gasteiger charge is 2.26. The van der Waals surface area contributed by atoms with Crippen LogP contribution in [0.5, 0.6) is 0 Å². The monoisotopic (exact) mass is 703 g/mol. The van der Waals surface area contributed by atoms with Gasteiger partial charge in [0.2, 0.25) is 0 Å². The van der Waals surface area contributed by atoms with Gasteiger partial charge in [-0.2, -0.15) is 0 Å². The summed E-state index contributed by atoms with van der Waals surface area (Å²) in [7, 11) is 0. The summed E-state index contributed by atoms with van der Waals surface area (Å²) in [5.74, 6) is 1.47. The molecule has 10 aromatic rings. The van der Waals surface area contributed by atoms with Gasteiger partial charge in [0.05, 0.1) is 0 Å². The van der Waals surface area contributed by atoms with Crippen LogP contribution in [0, 0.1) is 0 Å².